The van der Waals surface area contributed by atoms with E-state index in [-0.39, 0.29) is 11.5 Å². The average Bonchev–Trinajstić information content (AvgIpc) is 2.72. The van der Waals surface area contributed by atoms with Gasteiger partial charge in [-0.15, -0.1) is 0 Å². The molecule has 1 amide bonds. The number of benzene rings is 2. The zero-order chi connectivity index (χ0) is 22.1. The van der Waals surface area contributed by atoms with Crippen LogP contribution in [-0.2, 0) is 0 Å². The highest BCUT2D eigenvalue weighted by Crippen LogP contribution is 2.30. The Bertz CT molecular complexity index is 1130. The first kappa shape index (κ1) is 20.8. The Morgan fingerprint density at radius 1 is 1.03 bits per heavy atom. The maximum Gasteiger partial charge on any atom is 0.336 e. The molecule has 0 saturated carbocycles. The van der Waals surface area contributed by atoms with Gasteiger partial charge in [0.25, 0.3) is 5.91 Å². The fourth-order valence-electron chi connectivity index (χ4n) is 4.39. The number of carboxylic acid groups (broad SMARTS) is 1. The Hall–Kier alpha value is -3.41. The van der Waals surface area contributed by atoms with Crippen LogP contribution in [0.4, 0.5) is 11.5 Å². The third kappa shape index (κ3) is 4.53. The lowest BCUT2D eigenvalue weighted by Crippen LogP contribution is -2.39. The second-order valence-corrected chi connectivity index (χ2v) is 8.74. The minimum absolute atomic E-state index is 0.192. The molecule has 6 nitrogen and oxygen atoms in total. The van der Waals surface area contributed by atoms with E-state index in [2.05, 4.69) is 24.1 Å². The molecule has 1 aliphatic rings. The standard InChI is InChI=1S/C25H27N3O3/c1-15-4-6-18(7-5-15)24(29)26-19-8-9-22-20(11-19)21(25(30)31)12-23(27-22)28-13-16(2)10-17(3)14-28/h4-9,11-12,16-17H,10,13-14H2,1-3H3,(H,26,29)(H,30,31)/t16-,17-/m1/s1. The normalized spacial score (nSPS) is 18.7. The number of fused-ring (bicyclic) bond motifs is 1. The number of nitrogens with one attached hydrogen (secondary N) is 1. The quantitative estimate of drug-likeness (QED) is 0.626. The Labute approximate surface area is 181 Å². The van der Waals surface area contributed by atoms with Gasteiger partial charge in [0, 0.05) is 29.7 Å². The molecule has 2 heterocycles. The van der Waals surface area contributed by atoms with Crippen molar-refractivity contribution >= 4 is 34.3 Å². The summed E-state index contributed by atoms with van der Waals surface area (Å²) in [6.45, 7) is 8.12. The van der Waals surface area contributed by atoms with Crippen LogP contribution in [-0.4, -0.2) is 35.1 Å². The zero-order valence-corrected chi connectivity index (χ0v) is 18.1. The number of rotatable bonds is 4. The van der Waals surface area contributed by atoms with Crippen LogP contribution in [0.15, 0.2) is 48.5 Å². The molecule has 0 aliphatic carbocycles. The highest BCUT2D eigenvalue weighted by atomic mass is 16.4. The molecule has 2 aromatic carbocycles. The first-order valence-electron chi connectivity index (χ1n) is 10.6. The smallest absolute Gasteiger partial charge is 0.336 e. The molecule has 31 heavy (non-hydrogen) atoms. The van der Waals surface area contributed by atoms with Crippen LogP contribution in [0.2, 0.25) is 0 Å². The molecule has 1 aromatic heterocycles. The lowest BCUT2D eigenvalue weighted by atomic mass is 9.92. The number of aryl methyl sites for hydroxylation is 1. The number of nitrogens with zero attached hydrogens (tertiary/aromatic N) is 2. The van der Waals surface area contributed by atoms with Crippen molar-refractivity contribution in [1.82, 2.24) is 4.98 Å². The minimum atomic E-state index is -1.01. The van der Waals surface area contributed by atoms with Gasteiger partial charge in [0.2, 0.25) is 0 Å². The van der Waals surface area contributed by atoms with Gasteiger partial charge in [0.15, 0.2) is 0 Å². The van der Waals surface area contributed by atoms with Crippen molar-refractivity contribution in [2.45, 2.75) is 27.2 Å². The Kier molecular flexibility index (Phi) is 5.63. The van der Waals surface area contributed by atoms with Crippen LogP contribution in [0.3, 0.4) is 0 Å². The number of hydrogen-bond donors (Lipinski definition) is 2. The van der Waals surface area contributed by atoms with Crippen LogP contribution in [0.1, 0.15) is 46.5 Å². The van der Waals surface area contributed by atoms with Gasteiger partial charge in [-0.05, 0) is 61.6 Å². The molecule has 1 saturated heterocycles. The van der Waals surface area contributed by atoms with E-state index >= 15 is 0 Å². The zero-order valence-electron chi connectivity index (χ0n) is 18.1. The van der Waals surface area contributed by atoms with E-state index in [4.69, 9.17) is 4.98 Å². The molecule has 4 rings (SSSR count). The molecule has 160 valence electrons. The topological polar surface area (TPSA) is 82.5 Å². The SMILES string of the molecule is Cc1ccc(C(=O)Nc2ccc3nc(N4C[C@H](C)C[C@@H](C)C4)cc(C(=O)O)c3c2)cc1. The molecule has 0 spiro atoms. The number of pyridine rings is 1. The largest absolute Gasteiger partial charge is 0.478 e. The number of amides is 1. The molecular formula is C25H27N3O3. The highest BCUT2D eigenvalue weighted by molar-refractivity contribution is 6.08. The number of carbonyl (C=O) groups is 2. The van der Waals surface area contributed by atoms with Gasteiger partial charge in [-0.2, -0.15) is 0 Å². The minimum Gasteiger partial charge on any atom is -0.478 e. The van der Waals surface area contributed by atoms with Gasteiger partial charge >= 0.3 is 5.97 Å². The summed E-state index contributed by atoms with van der Waals surface area (Å²) in [5, 5.41) is 13.2. The lowest BCUT2D eigenvalue weighted by molar-refractivity contribution is 0.0698. The number of carbonyl (C=O) groups excluding carboxylic acids is 1. The molecule has 6 heteroatoms. The summed E-state index contributed by atoms with van der Waals surface area (Å²) in [6.07, 6.45) is 1.17. The number of piperidine rings is 1. The first-order valence-corrected chi connectivity index (χ1v) is 10.6. The summed E-state index contributed by atoms with van der Waals surface area (Å²) in [5.74, 6) is 0.522. The van der Waals surface area contributed by atoms with Crippen LogP contribution < -0.4 is 10.2 Å². The fourth-order valence-corrected chi connectivity index (χ4v) is 4.39. The third-order valence-electron chi connectivity index (χ3n) is 5.79. The molecular weight excluding hydrogens is 390 g/mol. The van der Waals surface area contributed by atoms with E-state index < -0.39 is 5.97 Å². The first-order chi connectivity index (χ1) is 14.8. The number of aromatic nitrogens is 1. The van der Waals surface area contributed by atoms with E-state index in [1.807, 2.05) is 19.1 Å². The maximum atomic E-state index is 12.6. The van der Waals surface area contributed by atoms with Crippen LogP contribution in [0.25, 0.3) is 10.9 Å². The molecule has 1 fully saturated rings. The molecule has 1 aliphatic heterocycles. The van der Waals surface area contributed by atoms with Gasteiger partial charge in [-0.3, -0.25) is 4.79 Å². The van der Waals surface area contributed by atoms with Crippen LogP contribution >= 0.6 is 0 Å². The summed E-state index contributed by atoms with van der Waals surface area (Å²) in [4.78, 5) is 31.5. The van der Waals surface area contributed by atoms with Crippen molar-refractivity contribution in [2.24, 2.45) is 11.8 Å². The predicted octanol–water partition coefficient (Wildman–Crippen LogP) is 4.98. The monoisotopic (exact) mass is 417 g/mol. The van der Waals surface area contributed by atoms with Crippen molar-refractivity contribution < 1.29 is 14.7 Å². The van der Waals surface area contributed by atoms with Crippen LogP contribution in [0.5, 0.6) is 0 Å². The van der Waals surface area contributed by atoms with Gasteiger partial charge in [-0.1, -0.05) is 31.5 Å². The number of carboxylic acids is 1. The van der Waals surface area contributed by atoms with Crippen molar-refractivity contribution in [1.29, 1.82) is 0 Å². The van der Waals surface area contributed by atoms with Crippen molar-refractivity contribution in [3.8, 4) is 0 Å². The van der Waals surface area contributed by atoms with E-state index in [1.54, 1.807) is 36.4 Å². The van der Waals surface area contributed by atoms with E-state index in [9.17, 15) is 14.7 Å². The molecule has 0 unspecified atom stereocenters. The lowest BCUT2D eigenvalue weighted by Gasteiger charge is -2.36. The van der Waals surface area contributed by atoms with E-state index in [0.717, 1.165) is 18.7 Å². The van der Waals surface area contributed by atoms with Gasteiger partial charge in [-0.25, -0.2) is 9.78 Å². The third-order valence-corrected chi connectivity index (χ3v) is 5.79. The summed E-state index contributed by atoms with van der Waals surface area (Å²) in [5.41, 5.74) is 2.96. The molecule has 0 bridgehead atoms. The van der Waals surface area contributed by atoms with Crippen molar-refractivity contribution in [3.63, 3.8) is 0 Å². The Morgan fingerprint density at radius 3 is 2.35 bits per heavy atom. The van der Waals surface area contributed by atoms with Gasteiger partial charge in [0.05, 0.1) is 11.1 Å². The Morgan fingerprint density at radius 2 is 1.71 bits per heavy atom. The second-order valence-electron chi connectivity index (χ2n) is 8.74. The van der Waals surface area contributed by atoms with Crippen LogP contribution in [0, 0.1) is 18.8 Å². The summed E-state index contributed by atoms with van der Waals surface area (Å²) in [6, 6.07) is 14.2. The van der Waals surface area contributed by atoms with E-state index in [0.29, 0.717) is 39.8 Å². The van der Waals surface area contributed by atoms with Gasteiger partial charge < -0.3 is 15.3 Å². The van der Waals surface area contributed by atoms with E-state index in [1.165, 1.54) is 6.42 Å². The number of hydrogen-bond acceptors (Lipinski definition) is 4. The molecule has 2 N–H and O–H groups in total. The summed E-state index contributed by atoms with van der Waals surface area (Å²) >= 11 is 0. The molecule has 2 atom stereocenters. The molecule has 3 aromatic rings. The van der Waals surface area contributed by atoms with Crippen molar-refractivity contribution in [2.75, 3.05) is 23.3 Å². The number of aromatic carboxylic acids is 1. The second kappa shape index (κ2) is 8.38. The summed E-state index contributed by atoms with van der Waals surface area (Å²) < 4.78 is 0. The predicted molar refractivity (Wildman–Crippen MR) is 123 cm³/mol. The number of anilines is 2. The molecule has 0 radical (unpaired) electrons. The van der Waals surface area contributed by atoms with Gasteiger partial charge in [0.1, 0.15) is 5.82 Å². The summed E-state index contributed by atoms with van der Waals surface area (Å²) in [7, 11) is 0. The average molecular weight is 418 g/mol. The highest BCUT2D eigenvalue weighted by Gasteiger charge is 2.24. The van der Waals surface area contributed by atoms with Crippen molar-refractivity contribution in [3.05, 3.63) is 65.2 Å². The fraction of sp³-hybridized carbons (Fsp3) is 0.320. The maximum absolute atomic E-state index is 12.6. The Balaban J connectivity index is 1.67.